The summed E-state index contributed by atoms with van der Waals surface area (Å²) < 4.78 is 33.6. The second kappa shape index (κ2) is 13.6. The van der Waals surface area contributed by atoms with E-state index in [2.05, 4.69) is 36.4 Å². The lowest BCUT2D eigenvalue weighted by Crippen LogP contribution is -2.15. The van der Waals surface area contributed by atoms with E-state index >= 15 is 0 Å². The summed E-state index contributed by atoms with van der Waals surface area (Å²) in [6, 6.07) is 18.3. The van der Waals surface area contributed by atoms with E-state index in [1.165, 1.54) is 27.8 Å². The van der Waals surface area contributed by atoms with Gasteiger partial charge in [0.2, 0.25) is 0 Å². The molecule has 4 aromatic rings. The molecule has 0 fully saturated rings. The molecule has 0 saturated heterocycles. The van der Waals surface area contributed by atoms with Crippen molar-refractivity contribution in [3.8, 4) is 45.6 Å². The van der Waals surface area contributed by atoms with Crippen LogP contribution in [0.4, 0.5) is 0 Å². The summed E-state index contributed by atoms with van der Waals surface area (Å²) in [5.41, 5.74) is 11.6. The number of fused-ring (bicyclic) bond motifs is 2. The topological polar surface area (TPSA) is 68.3 Å². The van der Waals surface area contributed by atoms with E-state index in [-0.39, 0.29) is 0 Å². The summed E-state index contributed by atoms with van der Waals surface area (Å²) >= 11 is 0. The van der Waals surface area contributed by atoms with Crippen LogP contribution in [0.5, 0.6) is 34.5 Å². The van der Waals surface area contributed by atoms with Gasteiger partial charge in [-0.1, -0.05) is 18.2 Å². The van der Waals surface area contributed by atoms with Gasteiger partial charge in [-0.15, -0.1) is 0 Å². The summed E-state index contributed by atoms with van der Waals surface area (Å²) in [5, 5.41) is 0. The van der Waals surface area contributed by atoms with Crippen LogP contribution in [0.1, 0.15) is 59.3 Å². The molecule has 1 aromatic heterocycles. The Balaban J connectivity index is 1.58. The Bertz CT molecular complexity index is 1720. The van der Waals surface area contributed by atoms with Crippen molar-refractivity contribution < 1.29 is 28.4 Å². The third kappa shape index (κ3) is 5.89. The predicted molar refractivity (Wildman–Crippen MR) is 183 cm³/mol. The monoisotopic (exact) mass is 619 g/mol. The average molecular weight is 620 g/mol. The molecule has 238 valence electrons. The molecule has 2 aliphatic rings. The fourth-order valence-corrected chi connectivity index (χ4v) is 6.74. The molecule has 0 atom stereocenters. The number of allylic oxidation sites excluding steroid dienone is 2. The predicted octanol–water partition coefficient (Wildman–Crippen LogP) is 8.55. The molecule has 0 aliphatic heterocycles. The van der Waals surface area contributed by atoms with Crippen LogP contribution in [0, 0.1) is 0 Å². The summed E-state index contributed by atoms with van der Waals surface area (Å²) in [7, 11) is 10.0. The number of benzene rings is 3. The van der Waals surface area contributed by atoms with Crippen LogP contribution in [-0.4, -0.2) is 47.6 Å². The van der Waals surface area contributed by atoms with Crippen molar-refractivity contribution in [2.24, 2.45) is 0 Å². The highest BCUT2D eigenvalue weighted by molar-refractivity contribution is 5.92. The van der Waals surface area contributed by atoms with Crippen molar-refractivity contribution in [1.29, 1.82) is 0 Å². The fourth-order valence-electron chi connectivity index (χ4n) is 6.74. The summed E-state index contributed by atoms with van der Waals surface area (Å²) in [4.78, 5) is 5.52. The summed E-state index contributed by atoms with van der Waals surface area (Å²) in [6.07, 6.45) is 10.4. The molecular weight excluding hydrogens is 578 g/mol. The minimum Gasteiger partial charge on any atom is -0.493 e. The number of aromatic nitrogens is 1. The molecule has 0 spiro atoms. The Morgan fingerprint density at radius 3 is 1.33 bits per heavy atom. The van der Waals surface area contributed by atoms with Gasteiger partial charge in [-0.25, -0.2) is 4.98 Å². The first-order valence-corrected chi connectivity index (χ1v) is 15.7. The average Bonchev–Trinajstić information content (AvgIpc) is 3.10. The third-order valence-corrected chi connectivity index (χ3v) is 8.92. The van der Waals surface area contributed by atoms with Crippen LogP contribution in [0.15, 0.2) is 54.6 Å². The molecule has 0 radical (unpaired) electrons. The van der Waals surface area contributed by atoms with Crippen LogP contribution in [0.3, 0.4) is 0 Å². The molecule has 0 unspecified atom stereocenters. The molecule has 0 bridgehead atoms. The highest BCUT2D eigenvalue weighted by atomic mass is 16.5. The number of methoxy groups -OCH3 is 6. The zero-order chi connectivity index (χ0) is 32.2. The number of rotatable bonds is 9. The number of hydrogen-bond acceptors (Lipinski definition) is 7. The van der Waals surface area contributed by atoms with Gasteiger partial charge >= 0.3 is 0 Å². The highest BCUT2D eigenvalue weighted by Gasteiger charge is 2.29. The lowest BCUT2D eigenvalue weighted by molar-refractivity contribution is 0.355. The van der Waals surface area contributed by atoms with E-state index in [1.54, 1.807) is 42.7 Å². The van der Waals surface area contributed by atoms with E-state index in [0.29, 0.717) is 34.5 Å². The molecule has 0 N–H and O–H groups in total. The zero-order valence-corrected chi connectivity index (χ0v) is 27.5. The van der Waals surface area contributed by atoms with Gasteiger partial charge in [-0.05, 0) is 132 Å². The van der Waals surface area contributed by atoms with Crippen molar-refractivity contribution in [1.82, 2.24) is 4.98 Å². The Kier molecular flexibility index (Phi) is 9.20. The van der Waals surface area contributed by atoms with Crippen molar-refractivity contribution in [2.45, 2.75) is 38.5 Å². The number of hydrogen-bond donors (Lipinski definition) is 0. The van der Waals surface area contributed by atoms with Crippen LogP contribution in [0.25, 0.3) is 34.4 Å². The summed E-state index contributed by atoms with van der Waals surface area (Å²) in [5.74, 6) is 4.26. The molecule has 46 heavy (non-hydrogen) atoms. The molecule has 7 heteroatoms. The maximum Gasteiger partial charge on any atom is 0.161 e. The highest BCUT2D eigenvalue weighted by Crippen LogP contribution is 2.46. The van der Waals surface area contributed by atoms with Gasteiger partial charge in [0.15, 0.2) is 34.5 Å². The van der Waals surface area contributed by atoms with Gasteiger partial charge in [-0.3, -0.25) is 0 Å². The smallest absolute Gasteiger partial charge is 0.161 e. The molecule has 3 aromatic carbocycles. The second-order valence-corrected chi connectivity index (χ2v) is 11.5. The van der Waals surface area contributed by atoms with Crippen LogP contribution in [0.2, 0.25) is 0 Å². The fraction of sp³-hybridized carbons (Fsp3) is 0.308. The van der Waals surface area contributed by atoms with Gasteiger partial charge in [0.05, 0.1) is 54.0 Å². The van der Waals surface area contributed by atoms with Crippen LogP contribution < -0.4 is 28.4 Å². The SMILES string of the molecule is COc1ccc(/C=C2\CCCc3c2nc2c(c3-c3ccc(OC)c(OC)c3)CCC/C2=C\c2ccc(OC)c(OC)c2)cc1OC. The summed E-state index contributed by atoms with van der Waals surface area (Å²) in [6.45, 7) is 0. The largest absolute Gasteiger partial charge is 0.493 e. The Morgan fingerprint density at radius 2 is 0.891 bits per heavy atom. The first-order valence-electron chi connectivity index (χ1n) is 15.7. The van der Waals surface area contributed by atoms with E-state index in [0.717, 1.165) is 66.6 Å². The Hall–Kier alpha value is -4.91. The molecule has 2 aliphatic carbocycles. The van der Waals surface area contributed by atoms with Gasteiger partial charge in [0.1, 0.15) is 0 Å². The normalized spacial score (nSPS) is 15.6. The van der Waals surface area contributed by atoms with Crippen LogP contribution in [-0.2, 0) is 12.8 Å². The van der Waals surface area contributed by atoms with Crippen LogP contribution >= 0.6 is 0 Å². The molecule has 7 nitrogen and oxygen atoms in total. The van der Waals surface area contributed by atoms with E-state index in [4.69, 9.17) is 33.4 Å². The molecule has 6 rings (SSSR count). The minimum absolute atomic E-state index is 0.706. The number of nitrogens with zero attached hydrogens (tertiary/aromatic N) is 1. The first-order chi connectivity index (χ1) is 22.5. The lowest BCUT2D eigenvalue weighted by Gasteiger charge is -2.29. The van der Waals surface area contributed by atoms with Crippen molar-refractivity contribution >= 4 is 23.3 Å². The van der Waals surface area contributed by atoms with Gasteiger partial charge in [0, 0.05) is 0 Å². The van der Waals surface area contributed by atoms with Gasteiger partial charge in [0.25, 0.3) is 0 Å². The van der Waals surface area contributed by atoms with Gasteiger partial charge < -0.3 is 28.4 Å². The maximum absolute atomic E-state index is 5.76. The van der Waals surface area contributed by atoms with Gasteiger partial charge in [-0.2, -0.15) is 0 Å². The van der Waals surface area contributed by atoms with Crippen molar-refractivity contribution in [3.05, 3.63) is 88.2 Å². The molecule has 0 saturated carbocycles. The number of ether oxygens (including phenoxy) is 6. The zero-order valence-electron chi connectivity index (χ0n) is 27.5. The molecule has 0 amide bonds. The Morgan fingerprint density at radius 1 is 0.478 bits per heavy atom. The van der Waals surface area contributed by atoms with E-state index in [1.807, 2.05) is 30.3 Å². The first kappa shape index (κ1) is 31.1. The quantitative estimate of drug-likeness (QED) is 0.186. The Labute approximate surface area is 271 Å². The third-order valence-electron chi connectivity index (χ3n) is 8.92. The van der Waals surface area contributed by atoms with Crippen molar-refractivity contribution in [2.75, 3.05) is 42.7 Å². The standard InChI is InChI=1S/C39H41NO6/c1-41-31-16-13-24(21-34(31)44-4)19-27-9-7-11-29-37(26-15-18-33(43-3)36(23-26)46-6)30-12-8-10-28(39(30)40-38(27)29)20-25-14-17-32(42-2)35(22-25)45-5/h13-23H,7-12H2,1-6H3/b27-19+,28-20+. The van der Waals surface area contributed by atoms with E-state index < -0.39 is 0 Å². The van der Waals surface area contributed by atoms with Crippen molar-refractivity contribution in [3.63, 3.8) is 0 Å². The maximum atomic E-state index is 5.76. The van der Waals surface area contributed by atoms with E-state index in [9.17, 15) is 0 Å². The molecular formula is C39H41NO6. The second-order valence-electron chi connectivity index (χ2n) is 11.5. The minimum atomic E-state index is 0.706. The molecule has 1 heterocycles. The number of pyridine rings is 1. The lowest BCUT2D eigenvalue weighted by atomic mass is 9.78.